The molecule has 1 saturated heterocycles. The van der Waals surface area contributed by atoms with Gasteiger partial charge < -0.3 is 19.9 Å². The number of aromatic nitrogens is 1. The van der Waals surface area contributed by atoms with Crippen LogP contribution < -0.4 is 10.1 Å². The summed E-state index contributed by atoms with van der Waals surface area (Å²) in [6.45, 7) is 4.62. The zero-order valence-electron chi connectivity index (χ0n) is 22.9. The fourth-order valence-corrected chi connectivity index (χ4v) is 7.37. The van der Waals surface area contributed by atoms with E-state index in [9.17, 15) is 19.6 Å². The van der Waals surface area contributed by atoms with Gasteiger partial charge in [0.05, 0.1) is 18.7 Å². The molecule has 3 atom stereocenters. The topological polar surface area (TPSA) is 115 Å². The first-order chi connectivity index (χ1) is 18.5. The molecule has 8 nitrogen and oxygen atoms in total. The van der Waals surface area contributed by atoms with Crippen molar-refractivity contribution in [3.8, 4) is 11.8 Å². The molecule has 2 aromatic rings. The molecule has 1 spiro atoms. The van der Waals surface area contributed by atoms with E-state index < -0.39 is 12.1 Å². The summed E-state index contributed by atoms with van der Waals surface area (Å²) in [5.41, 5.74) is 0.868. The van der Waals surface area contributed by atoms with E-state index in [0.717, 1.165) is 37.5 Å². The number of methoxy groups -OCH3 is 1. The number of ketones is 1. The summed E-state index contributed by atoms with van der Waals surface area (Å²) in [6.07, 6.45) is 7.37. The number of aromatic amines is 1. The Morgan fingerprint density at radius 2 is 1.97 bits per heavy atom. The van der Waals surface area contributed by atoms with Gasteiger partial charge in [-0.2, -0.15) is 5.26 Å². The van der Waals surface area contributed by atoms with Gasteiger partial charge in [0, 0.05) is 29.3 Å². The number of carbonyl (C=O) groups excluding carboxylic acids is 3. The monoisotopic (exact) mass is 552 g/mol. The largest absolute Gasteiger partial charge is 0.496 e. The smallest absolute Gasteiger partial charge is 0.271 e. The lowest BCUT2D eigenvalue weighted by Crippen LogP contribution is -2.49. The molecule has 2 saturated carbocycles. The van der Waals surface area contributed by atoms with Crippen LogP contribution in [0.4, 0.5) is 0 Å². The minimum Gasteiger partial charge on any atom is -0.496 e. The molecule has 2 aliphatic carbocycles. The Bertz CT molecular complexity index is 1340. The van der Waals surface area contributed by atoms with Gasteiger partial charge in [-0.15, -0.1) is 0 Å². The number of halogens is 1. The third-order valence-corrected chi connectivity index (χ3v) is 9.22. The molecule has 2 heterocycles. The highest BCUT2D eigenvalue weighted by Crippen LogP contribution is 2.47. The highest BCUT2D eigenvalue weighted by atomic mass is 35.5. The lowest BCUT2D eigenvalue weighted by molar-refractivity contribution is -0.126. The molecular formula is C30H37ClN4O4. The Morgan fingerprint density at radius 3 is 2.62 bits per heavy atom. The number of ether oxygens (including phenoxy) is 1. The average molecular weight is 553 g/mol. The Labute approximate surface area is 234 Å². The molecule has 0 bridgehead atoms. The zero-order chi connectivity index (χ0) is 27.9. The van der Waals surface area contributed by atoms with Crippen molar-refractivity contribution in [3.05, 3.63) is 28.9 Å². The van der Waals surface area contributed by atoms with Crippen LogP contribution >= 0.6 is 11.6 Å². The second kappa shape index (κ2) is 10.5. The van der Waals surface area contributed by atoms with Crippen molar-refractivity contribution in [1.29, 1.82) is 5.26 Å². The number of H-pyrrole nitrogens is 1. The predicted molar refractivity (Wildman–Crippen MR) is 148 cm³/mol. The van der Waals surface area contributed by atoms with Gasteiger partial charge in [0.15, 0.2) is 0 Å². The number of rotatable bonds is 6. The molecule has 2 N–H and O–H groups in total. The molecule has 1 aliphatic heterocycles. The quantitative estimate of drug-likeness (QED) is 0.498. The van der Waals surface area contributed by atoms with E-state index in [2.05, 4.69) is 30.2 Å². The number of carbonyl (C=O) groups is 3. The third kappa shape index (κ3) is 5.51. The van der Waals surface area contributed by atoms with Crippen molar-refractivity contribution >= 4 is 40.1 Å². The average Bonchev–Trinajstić information content (AvgIpc) is 3.56. The second-order valence-corrected chi connectivity index (χ2v) is 13.0. The molecule has 0 radical (unpaired) electrons. The molecule has 5 rings (SSSR count). The SMILES string of the molecule is COc1cc(Cl)cc2[nH]c(C(=O)N3CC4(CCCCC4)CC3C(=O)NC(C#N)CC3CC(C)(C)CC3=O)cc12. The number of nitrogens with zero attached hydrogens (tertiary/aromatic N) is 2. The minimum atomic E-state index is -0.778. The van der Waals surface area contributed by atoms with Crippen molar-refractivity contribution in [2.45, 2.75) is 83.7 Å². The molecule has 3 unspecified atom stereocenters. The minimum absolute atomic E-state index is 0.0830. The van der Waals surface area contributed by atoms with Gasteiger partial charge in [0.2, 0.25) is 5.91 Å². The van der Waals surface area contributed by atoms with E-state index in [0.29, 0.717) is 54.2 Å². The van der Waals surface area contributed by atoms with Gasteiger partial charge in [-0.1, -0.05) is 44.7 Å². The summed E-state index contributed by atoms with van der Waals surface area (Å²) in [4.78, 5) is 45.0. The summed E-state index contributed by atoms with van der Waals surface area (Å²) in [5, 5.41) is 14.0. The predicted octanol–water partition coefficient (Wildman–Crippen LogP) is 5.40. The maximum Gasteiger partial charge on any atom is 0.271 e. The summed E-state index contributed by atoms with van der Waals surface area (Å²) in [7, 11) is 1.55. The molecular weight excluding hydrogens is 516 g/mol. The van der Waals surface area contributed by atoms with Crippen LogP contribution in [0.15, 0.2) is 18.2 Å². The van der Waals surface area contributed by atoms with Crippen LogP contribution in [-0.2, 0) is 9.59 Å². The van der Waals surface area contributed by atoms with Gasteiger partial charge in [-0.3, -0.25) is 14.4 Å². The van der Waals surface area contributed by atoms with E-state index in [-0.39, 0.29) is 34.3 Å². The molecule has 2 amide bonds. The highest BCUT2D eigenvalue weighted by Gasteiger charge is 2.49. The van der Waals surface area contributed by atoms with Crippen LogP contribution in [0.3, 0.4) is 0 Å². The summed E-state index contributed by atoms with van der Waals surface area (Å²) in [6, 6.07) is 5.93. The molecule has 3 aliphatic rings. The maximum atomic E-state index is 13.9. The summed E-state index contributed by atoms with van der Waals surface area (Å²) in [5.74, 6) is -0.0902. The molecule has 1 aromatic carbocycles. The Hall–Kier alpha value is -3.05. The van der Waals surface area contributed by atoms with E-state index in [1.807, 2.05) is 0 Å². The van der Waals surface area contributed by atoms with Gasteiger partial charge in [0.1, 0.15) is 29.3 Å². The van der Waals surface area contributed by atoms with Crippen molar-refractivity contribution < 1.29 is 19.1 Å². The number of hydrogen-bond acceptors (Lipinski definition) is 5. The van der Waals surface area contributed by atoms with Crippen molar-refractivity contribution in [2.24, 2.45) is 16.7 Å². The molecule has 208 valence electrons. The van der Waals surface area contributed by atoms with Gasteiger partial charge in [-0.05, 0) is 61.1 Å². The number of Topliss-reactive ketones (excluding diaryl/α,β-unsaturated/α-hetero) is 1. The standard InChI is InChI=1S/C30H37ClN4O4/c1-29(2)13-18(25(36)15-29)9-20(16-32)33-27(37)24-14-30(7-5-4-6-8-30)17-35(24)28(38)23-12-21-22(34-23)10-19(31)11-26(21)39-3/h10-12,18,20,24,34H,4-9,13-15,17H2,1-3H3,(H,33,37). The van der Waals surface area contributed by atoms with Gasteiger partial charge >= 0.3 is 0 Å². The first kappa shape index (κ1) is 27.5. The number of likely N-dealkylation sites (tertiary alicyclic amines) is 1. The summed E-state index contributed by atoms with van der Waals surface area (Å²) < 4.78 is 5.46. The number of nitrogens with one attached hydrogen (secondary N) is 2. The van der Waals surface area contributed by atoms with E-state index in [1.165, 1.54) is 0 Å². The molecule has 1 aromatic heterocycles. The van der Waals surface area contributed by atoms with Crippen LogP contribution in [0.1, 0.15) is 82.1 Å². The highest BCUT2D eigenvalue weighted by molar-refractivity contribution is 6.31. The number of amides is 2. The van der Waals surface area contributed by atoms with Gasteiger partial charge in [-0.25, -0.2) is 0 Å². The van der Waals surface area contributed by atoms with E-state index >= 15 is 0 Å². The Morgan fingerprint density at radius 1 is 1.23 bits per heavy atom. The lowest BCUT2D eigenvalue weighted by atomic mass is 9.72. The van der Waals surface area contributed by atoms with Crippen LogP contribution in [0.2, 0.25) is 5.02 Å². The third-order valence-electron chi connectivity index (χ3n) is 9.00. The summed E-state index contributed by atoms with van der Waals surface area (Å²) >= 11 is 6.23. The van der Waals surface area contributed by atoms with E-state index in [4.69, 9.17) is 16.3 Å². The molecule has 3 fully saturated rings. The van der Waals surface area contributed by atoms with Gasteiger partial charge in [0.25, 0.3) is 5.91 Å². The van der Waals surface area contributed by atoms with Crippen molar-refractivity contribution in [1.82, 2.24) is 15.2 Å². The normalized spacial score (nSPS) is 24.6. The van der Waals surface area contributed by atoms with Crippen molar-refractivity contribution in [3.63, 3.8) is 0 Å². The fraction of sp³-hybridized carbons (Fsp3) is 0.600. The number of benzene rings is 1. The van der Waals surface area contributed by atoms with E-state index in [1.54, 1.807) is 30.2 Å². The number of nitriles is 1. The zero-order valence-corrected chi connectivity index (χ0v) is 23.7. The second-order valence-electron chi connectivity index (χ2n) is 12.6. The van der Waals surface area contributed by atoms with Crippen LogP contribution in [0.25, 0.3) is 10.9 Å². The lowest BCUT2D eigenvalue weighted by Gasteiger charge is -2.32. The van der Waals surface area contributed by atoms with Crippen LogP contribution in [-0.4, -0.2) is 53.2 Å². The van der Waals surface area contributed by atoms with Crippen LogP contribution in [0.5, 0.6) is 5.75 Å². The number of hydrogen-bond donors (Lipinski definition) is 2. The van der Waals surface area contributed by atoms with Crippen molar-refractivity contribution in [2.75, 3.05) is 13.7 Å². The first-order valence-electron chi connectivity index (χ1n) is 13.9. The molecule has 39 heavy (non-hydrogen) atoms. The van der Waals surface area contributed by atoms with Crippen LogP contribution in [0, 0.1) is 28.1 Å². The first-order valence-corrected chi connectivity index (χ1v) is 14.3. The Balaban J connectivity index is 1.39. The Kier molecular flexibility index (Phi) is 7.41. The maximum absolute atomic E-state index is 13.9. The fourth-order valence-electron chi connectivity index (χ4n) is 7.16. The molecule has 9 heteroatoms. The number of fused-ring (bicyclic) bond motifs is 1.